The first kappa shape index (κ1) is 18.4. The van der Waals surface area contributed by atoms with Gasteiger partial charge in [0.05, 0.1) is 4.90 Å². The van der Waals surface area contributed by atoms with Gasteiger partial charge in [-0.25, -0.2) is 8.42 Å². The van der Waals surface area contributed by atoms with Gasteiger partial charge < -0.3 is 10.6 Å². The molecule has 2 aromatic rings. The molecule has 138 valence electrons. The van der Waals surface area contributed by atoms with Gasteiger partial charge in [-0.05, 0) is 49.2 Å². The van der Waals surface area contributed by atoms with Crippen LogP contribution in [0.1, 0.15) is 21.5 Å². The molecule has 1 saturated heterocycles. The smallest absolute Gasteiger partial charge is 0.248 e. The van der Waals surface area contributed by atoms with Crippen molar-refractivity contribution in [2.75, 3.05) is 31.1 Å². The number of rotatable bonds is 4. The zero-order valence-electron chi connectivity index (χ0n) is 15.0. The van der Waals surface area contributed by atoms with Crippen LogP contribution in [-0.2, 0) is 10.0 Å². The Morgan fingerprint density at radius 1 is 1.00 bits per heavy atom. The Hall–Kier alpha value is -2.38. The molecule has 1 fully saturated rings. The summed E-state index contributed by atoms with van der Waals surface area (Å²) in [7, 11) is -3.64. The van der Waals surface area contributed by atoms with E-state index in [1.165, 1.54) is 33.6 Å². The van der Waals surface area contributed by atoms with E-state index in [0.29, 0.717) is 26.2 Å². The number of carbonyl (C=O) groups excluding carboxylic acids is 1. The van der Waals surface area contributed by atoms with Crippen molar-refractivity contribution in [1.29, 1.82) is 0 Å². The van der Waals surface area contributed by atoms with Crippen molar-refractivity contribution in [3.8, 4) is 0 Å². The van der Waals surface area contributed by atoms with Crippen LogP contribution < -0.4 is 10.6 Å². The number of nitrogens with zero attached hydrogens (tertiary/aromatic N) is 2. The van der Waals surface area contributed by atoms with E-state index in [1.807, 2.05) is 6.07 Å². The molecule has 7 heteroatoms. The number of hydrogen-bond acceptors (Lipinski definition) is 4. The number of nitrogens with two attached hydrogens (primary N) is 1. The number of amides is 1. The van der Waals surface area contributed by atoms with E-state index >= 15 is 0 Å². The molecule has 1 amide bonds. The van der Waals surface area contributed by atoms with Crippen LogP contribution in [0.4, 0.5) is 5.69 Å². The van der Waals surface area contributed by atoms with Gasteiger partial charge in [0.2, 0.25) is 15.9 Å². The van der Waals surface area contributed by atoms with Crippen LogP contribution in [0.5, 0.6) is 0 Å². The van der Waals surface area contributed by atoms with Gasteiger partial charge in [-0.1, -0.05) is 18.2 Å². The van der Waals surface area contributed by atoms with E-state index in [9.17, 15) is 13.2 Å². The van der Waals surface area contributed by atoms with Crippen LogP contribution >= 0.6 is 0 Å². The number of hydrogen-bond donors (Lipinski definition) is 1. The third-order valence-electron chi connectivity index (χ3n) is 4.91. The summed E-state index contributed by atoms with van der Waals surface area (Å²) in [5, 5.41) is 0. The normalized spacial score (nSPS) is 15.8. The maximum Gasteiger partial charge on any atom is 0.248 e. The highest BCUT2D eigenvalue weighted by atomic mass is 32.2. The molecule has 0 spiro atoms. The predicted octanol–water partition coefficient (Wildman–Crippen LogP) is 1.91. The van der Waals surface area contributed by atoms with Crippen molar-refractivity contribution < 1.29 is 13.2 Å². The second-order valence-corrected chi connectivity index (χ2v) is 8.44. The van der Waals surface area contributed by atoms with Gasteiger partial charge >= 0.3 is 0 Å². The molecule has 0 atom stereocenters. The molecule has 1 heterocycles. The number of anilines is 1. The molecular weight excluding hydrogens is 350 g/mol. The largest absolute Gasteiger partial charge is 0.369 e. The zero-order valence-corrected chi connectivity index (χ0v) is 15.8. The second-order valence-electron chi connectivity index (χ2n) is 6.50. The molecule has 0 aromatic heterocycles. The van der Waals surface area contributed by atoms with E-state index in [4.69, 9.17) is 5.73 Å². The Morgan fingerprint density at radius 3 is 2.31 bits per heavy atom. The summed E-state index contributed by atoms with van der Waals surface area (Å²) in [5.74, 6) is -0.637. The number of benzene rings is 2. The molecule has 0 bridgehead atoms. The highest BCUT2D eigenvalue weighted by Crippen LogP contribution is 2.25. The summed E-state index contributed by atoms with van der Waals surface area (Å²) in [6, 6.07) is 12.1. The lowest BCUT2D eigenvalue weighted by atomic mass is 10.1. The van der Waals surface area contributed by atoms with Crippen molar-refractivity contribution in [3.63, 3.8) is 0 Å². The van der Waals surface area contributed by atoms with Gasteiger partial charge in [-0.3, -0.25) is 4.79 Å². The van der Waals surface area contributed by atoms with Gasteiger partial charge in [-0.15, -0.1) is 0 Å². The standard InChI is InChI=1S/C19H23N3O3S/c1-14-5-3-8-18(15(14)2)21-9-11-22(12-10-21)26(24,25)17-7-4-6-16(13-17)19(20)23/h3-8,13H,9-12H2,1-2H3,(H2,20,23). The maximum atomic E-state index is 12.9. The van der Waals surface area contributed by atoms with Gasteiger partial charge in [0.1, 0.15) is 0 Å². The van der Waals surface area contributed by atoms with Crippen molar-refractivity contribution in [2.24, 2.45) is 5.73 Å². The Morgan fingerprint density at radius 2 is 1.65 bits per heavy atom. The van der Waals surface area contributed by atoms with Crippen molar-refractivity contribution in [2.45, 2.75) is 18.7 Å². The van der Waals surface area contributed by atoms with Crippen molar-refractivity contribution >= 4 is 21.6 Å². The van der Waals surface area contributed by atoms with Gasteiger partial charge in [-0.2, -0.15) is 4.31 Å². The monoisotopic (exact) mass is 373 g/mol. The Bertz CT molecular complexity index is 933. The van der Waals surface area contributed by atoms with E-state index in [0.717, 1.165) is 5.69 Å². The average molecular weight is 373 g/mol. The summed E-state index contributed by atoms with van der Waals surface area (Å²) < 4.78 is 27.2. The maximum absolute atomic E-state index is 12.9. The van der Waals surface area contributed by atoms with Crippen LogP contribution in [0.3, 0.4) is 0 Å². The zero-order chi connectivity index (χ0) is 18.9. The van der Waals surface area contributed by atoms with Crippen molar-refractivity contribution in [3.05, 3.63) is 59.2 Å². The third kappa shape index (κ3) is 3.45. The molecular formula is C19H23N3O3S. The third-order valence-corrected chi connectivity index (χ3v) is 6.81. The Balaban J connectivity index is 1.78. The minimum absolute atomic E-state index is 0.106. The number of piperazine rings is 1. The Kier molecular flexibility index (Phi) is 5.02. The molecule has 0 unspecified atom stereocenters. The second kappa shape index (κ2) is 7.09. The van der Waals surface area contributed by atoms with Gasteiger partial charge in [0, 0.05) is 37.4 Å². The van der Waals surface area contributed by atoms with Gasteiger partial charge in [0.25, 0.3) is 0 Å². The van der Waals surface area contributed by atoms with E-state index in [-0.39, 0.29) is 10.5 Å². The van der Waals surface area contributed by atoms with Crippen molar-refractivity contribution in [1.82, 2.24) is 4.31 Å². The summed E-state index contributed by atoms with van der Waals surface area (Å²) in [6.45, 7) is 6.21. The lowest BCUT2D eigenvalue weighted by Crippen LogP contribution is -2.48. The first-order valence-electron chi connectivity index (χ1n) is 8.52. The fourth-order valence-electron chi connectivity index (χ4n) is 3.21. The summed E-state index contributed by atoms with van der Waals surface area (Å²) >= 11 is 0. The van der Waals surface area contributed by atoms with Crippen LogP contribution in [0, 0.1) is 13.8 Å². The molecule has 6 nitrogen and oxygen atoms in total. The summed E-state index contributed by atoms with van der Waals surface area (Å²) in [6.07, 6.45) is 0. The fraction of sp³-hybridized carbons (Fsp3) is 0.316. The van der Waals surface area contributed by atoms with Crippen LogP contribution in [0.2, 0.25) is 0 Å². The lowest BCUT2D eigenvalue weighted by Gasteiger charge is -2.36. The minimum Gasteiger partial charge on any atom is -0.369 e. The van der Waals surface area contributed by atoms with Crippen LogP contribution in [-0.4, -0.2) is 44.8 Å². The highest BCUT2D eigenvalue weighted by Gasteiger charge is 2.29. The van der Waals surface area contributed by atoms with E-state index in [2.05, 4.69) is 30.9 Å². The SMILES string of the molecule is Cc1cccc(N2CCN(S(=O)(=O)c3cccc(C(N)=O)c3)CC2)c1C. The topological polar surface area (TPSA) is 83.7 Å². The Labute approximate surface area is 154 Å². The molecule has 0 radical (unpaired) electrons. The molecule has 26 heavy (non-hydrogen) atoms. The fourth-order valence-corrected chi connectivity index (χ4v) is 4.68. The first-order valence-corrected chi connectivity index (χ1v) is 9.96. The van der Waals surface area contributed by atoms with Crippen LogP contribution in [0.25, 0.3) is 0 Å². The number of primary amides is 1. The lowest BCUT2D eigenvalue weighted by molar-refractivity contribution is 0.1000. The number of carbonyl (C=O) groups is 1. The summed E-state index contributed by atoms with van der Waals surface area (Å²) in [4.78, 5) is 13.6. The molecule has 2 N–H and O–H groups in total. The van der Waals surface area contributed by atoms with E-state index < -0.39 is 15.9 Å². The summed E-state index contributed by atoms with van der Waals surface area (Å²) in [5.41, 5.74) is 9.05. The van der Waals surface area contributed by atoms with Crippen LogP contribution in [0.15, 0.2) is 47.4 Å². The highest BCUT2D eigenvalue weighted by molar-refractivity contribution is 7.89. The molecule has 0 saturated carbocycles. The minimum atomic E-state index is -3.64. The average Bonchev–Trinajstić information content (AvgIpc) is 2.64. The molecule has 3 rings (SSSR count). The number of sulfonamides is 1. The molecule has 2 aromatic carbocycles. The molecule has 1 aliphatic heterocycles. The predicted molar refractivity (Wildman–Crippen MR) is 102 cm³/mol. The quantitative estimate of drug-likeness (QED) is 0.887. The number of aryl methyl sites for hydroxylation is 1. The molecule has 0 aliphatic carbocycles. The first-order chi connectivity index (χ1) is 12.3. The molecule has 1 aliphatic rings. The van der Waals surface area contributed by atoms with E-state index in [1.54, 1.807) is 6.07 Å². The van der Waals surface area contributed by atoms with Gasteiger partial charge in [0.15, 0.2) is 0 Å².